The SMILES string of the molecule is C[C@]12CC[C@H]3[C@]4(C=C[C@@]5(C=C4C(=O)c4cc6ccccc6s4)CC(O)CC[C@]35C)[C@@H]1CC[C@@]2(O)CN(Cc1cccc2ccccc12)S(C)(=O)=O. The van der Waals surface area contributed by atoms with Crippen LogP contribution in [0.5, 0.6) is 0 Å². The topological polar surface area (TPSA) is 94.9 Å². The summed E-state index contributed by atoms with van der Waals surface area (Å²) in [5, 5.41) is 27.2. The highest BCUT2D eigenvalue weighted by atomic mass is 32.2. The fourth-order valence-corrected chi connectivity index (χ4v) is 13.9. The molecule has 1 aromatic heterocycles. The van der Waals surface area contributed by atoms with Gasteiger partial charge in [0.2, 0.25) is 10.0 Å². The molecule has 8 heteroatoms. The number of fused-ring (bicyclic) bond motifs is 3. The maximum atomic E-state index is 15.0. The second kappa shape index (κ2) is 11.2. The fourth-order valence-electron chi connectivity index (χ4n) is 12.0. The molecule has 1 unspecified atom stereocenters. The Kier molecular flexibility index (Phi) is 7.39. The molecule has 0 amide bonds. The van der Waals surface area contributed by atoms with Gasteiger partial charge in [0.05, 0.1) is 22.8 Å². The number of hydrogen-bond donors (Lipinski definition) is 2. The minimum atomic E-state index is -3.69. The lowest BCUT2D eigenvalue weighted by molar-refractivity contribution is -0.173. The molecule has 0 aliphatic heterocycles. The van der Waals surface area contributed by atoms with Gasteiger partial charge >= 0.3 is 0 Å². The summed E-state index contributed by atoms with van der Waals surface area (Å²) in [4.78, 5) is 15.8. The molecule has 2 bridgehead atoms. The van der Waals surface area contributed by atoms with E-state index in [9.17, 15) is 18.6 Å². The molecular weight excluding hydrogens is 675 g/mol. The van der Waals surface area contributed by atoms with Crippen molar-refractivity contribution in [3.05, 3.63) is 107 Å². The van der Waals surface area contributed by atoms with Crippen molar-refractivity contribution in [2.75, 3.05) is 12.8 Å². The second-order valence-electron chi connectivity index (χ2n) is 17.0. The maximum Gasteiger partial charge on any atom is 0.211 e. The van der Waals surface area contributed by atoms with E-state index in [0.717, 1.165) is 62.6 Å². The number of aliphatic hydroxyl groups is 2. The van der Waals surface area contributed by atoms with E-state index in [0.29, 0.717) is 19.3 Å². The Hall–Kier alpha value is -3.14. The number of benzene rings is 3. The minimum Gasteiger partial charge on any atom is -0.393 e. The third kappa shape index (κ3) is 4.62. The van der Waals surface area contributed by atoms with E-state index in [1.165, 1.54) is 21.9 Å². The van der Waals surface area contributed by atoms with Gasteiger partial charge in [-0.1, -0.05) is 92.7 Å². The summed E-state index contributed by atoms with van der Waals surface area (Å²) in [6.07, 6.45) is 12.7. The third-order valence-electron chi connectivity index (χ3n) is 14.7. The number of nitrogens with zero attached hydrogens (tertiary/aromatic N) is 1. The summed E-state index contributed by atoms with van der Waals surface area (Å²) in [7, 11) is -3.69. The number of carbonyl (C=O) groups excluding carboxylic acids is 1. The first-order valence-corrected chi connectivity index (χ1v) is 21.2. The van der Waals surface area contributed by atoms with Crippen molar-refractivity contribution in [2.24, 2.45) is 33.5 Å². The van der Waals surface area contributed by atoms with Gasteiger partial charge in [0.25, 0.3) is 0 Å². The van der Waals surface area contributed by atoms with Gasteiger partial charge in [0, 0.05) is 39.6 Å². The predicted molar refractivity (Wildman–Crippen MR) is 204 cm³/mol. The van der Waals surface area contributed by atoms with Gasteiger partial charge in [-0.05, 0) is 96.1 Å². The van der Waals surface area contributed by atoms with Crippen LogP contribution in [0.25, 0.3) is 20.9 Å². The first kappa shape index (κ1) is 33.7. The zero-order valence-electron chi connectivity index (χ0n) is 29.6. The molecule has 3 aromatic carbocycles. The monoisotopic (exact) mass is 721 g/mol. The Morgan fingerprint density at radius 1 is 0.882 bits per heavy atom. The first-order chi connectivity index (χ1) is 24.2. The summed E-state index contributed by atoms with van der Waals surface area (Å²) in [5.41, 5.74) is -1.35. The number of thiophene rings is 1. The van der Waals surface area contributed by atoms with Gasteiger partial charge < -0.3 is 10.2 Å². The quantitative estimate of drug-likeness (QED) is 0.148. The number of allylic oxidation sites excluding steroid dienone is 4. The molecular formula is C43H47NO5S2. The number of carbonyl (C=O) groups is 1. The average molecular weight is 722 g/mol. The van der Waals surface area contributed by atoms with Gasteiger partial charge in [-0.3, -0.25) is 4.79 Å². The molecule has 266 valence electrons. The van der Waals surface area contributed by atoms with E-state index in [1.807, 2.05) is 60.7 Å². The van der Waals surface area contributed by atoms with Crippen LogP contribution in [0.3, 0.4) is 0 Å². The summed E-state index contributed by atoms with van der Waals surface area (Å²) in [6.45, 7) is 4.74. The lowest BCUT2D eigenvalue weighted by atomic mass is 9.32. The van der Waals surface area contributed by atoms with E-state index in [2.05, 4.69) is 44.2 Å². The summed E-state index contributed by atoms with van der Waals surface area (Å²) in [5.74, 6) is 0.166. The molecule has 3 saturated carbocycles. The highest BCUT2D eigenvalue weighted by molar-refractivity contribution is 7.88. The van der Waals surface area contributed by atoms with Crippen LogP contribution in [-0.2, 0) is 16.6 Å². The zero-order valence-corrected chi connectivity index (χ0v) is 31.3. The molecule has 0 radical (unpaired) electrons. The van der Waals surface area contributed by atoms with Crippen molar-refractivity contribution >= 4 is 48.0 Å². The van der Waals surface area contributed by atoms with Gasteiger partial charge in [-0.15, -0.1) is 11.3 Å². The van der Waals surface area contributed by atoms with E-state index in [1.54, 1.807) is 0 Å². The highest BCUT2D eigenvalue weighted by Crippen LogP contribution is 2.78. The normalized spacial score (nSPS) is 37.0. The van der Waals surface area contributed by atoms with Crippen LogP contribution in [0.1, 0.15) is 74.0 Å². The molecule has 51 heavy (non-hydrogen) atoms. The van der Waals surface area contributed by atoms with Gasteiger partial charge in [-0.2, -0.15) is 4.31 Å². The Bertz CT molecular complexity index is 2240. The Morgan fingerprint density at radius 2 is 1.57 bits per heavy atom. The Labute approximate surface area is 304 Å². The van der Waals surface area contributed by atoms with Crippen molar-refractivity contribution in [3.63, 3.8) is 0 Å². The van der Waals surface area contributed by atoms with Crippen LogP contribution in [0.2, 0.25) is 0 Å². The Morgan fingerprint density at radius 3 is 2.35 bits per heavy atom. The smallest absolute Gasteiger partial charge is 0.211 e. The van der Waals surface area contributed by atoms with Gasteiger partial charge in [-0.25, -0.2) is 8.42 Å². The molecule has 6 aliphatic carbocycles. The van der Waals surface area contributed by atoms with Crippen LogP contribution >= 0.6 is 11.3 Å². The second-order valence-corrected chi connectivity index (χ2v) is 20.0. The minimum absolute atomic E-state index is 0.00320. The average Bonchev–Trinajstić information content (AvgIpc) is 3.66. The van der Waals surface area contributed by atoms with Crippen molar-refractivity contribution in [1.29, 1.82) is 0 Å². The summed E-state index contributed by atoms with van der Waals surface area (Å²) in [6, 6.07) is 24.1. The molecule has 0 saturated heterocycles. The molecule has 8 atom stereocenters. The summed E-state index contributed by atoms with van der Waals surface area (Å²) < 4.78 is 29.7. The van der Waals surface area contributed by atoms with Crippen LogP contribution < -0.4 is 0 Å². The molecule has 10 rings (SSSR count). The van der Waals surface area contributed by atoms with Crippen molar-refractivity contribution in [1.82, 2.24) is 4.31 Å². The number of rotatable bonds is 7. The maximum absolute atomic E-state index is 15.0. The van der Waals surface area contributed by atoms with E-state index in [4.69, 9.17) is 0 Å². The first-order valence-electron chi connectivity index (χ1n) is 18.5. The van der Waals surface area contributed by atoms with E-state index in [-0.39, 0.29) is 36.1 Å². The highest BCUT2D eigenvalue weighted by Gasteiger charge is 2.74. The van der Waals surface area contributed by atoms with Gasteiger partial charge in [0.15, 0.2) is 5.78 Å². The standard InChI is InChI=1S/C43H47NO5S2/c1-39-18-15-31(45)24-41(39)21-22-43(33(25-41)38(46)35-23-29-10-5-7-14-34(29)50-35)36(39)16-19-40(2)37(43)17-20-42(40,47)27-44(51(3,48)49)26-30-12-8-11-28-9-4-6-13-32(28)30/h4-14,21-23,25,31,36-37,45,47H,15-20,24,26-27H2,1-3H3/t31?,36-,37-,39-,40+,41+,42-,43-/m1/s1. The lowest BCUT2D eigenvalue weighted by Crippen LogP contribution is -2.67. The Balaban J connectivity index is 1.14. The van der Waals surface area contributed by atoms with Gasteiger partial charge in [0.1, 0.15) is 0 Å². The van der Waals surface area contributed by atoms with Crippen molar-refractivity contribution in [3.8, 4) is 0 Å². The lowest BCUT2D eigenvalue weighted by Gasteiger charge is -2.71. The van der Waals surface area contributed by atoms with Crippen molar-refractivity contribution in [2.45, 2.75) is 77.0 Å². The molecule has 1 heterocycles. The number of aliphatic hydroxyl groups excluding tert-OH is 1. The molecule has 6 aliphatic rings. The van der Waals surface area contributed by atoms with Crippen LogP contribution in [-0.4, -0.2) is 53.2 Å². The van der Waals surface area contributed by atoms with Crippen molar-refractivity contribution < 1.29 is 23.4 Å². The molecule has 3 fully saturated rings. The molecule has 2 N–H and O–H groups in total. The zero-order chi connectivity index (χ0) is 35.6. The largest absolute Gasteiger partial charge is 0.393 e. The fraction of sp³-hybridized carbons (Fsp3) is 0.465. The summed E-state index contributed by atoms with van der Waals surface area (Å²) >= 11 is 1.54. The van der Waals surface area contributed by atoms with E-state index >= 15 is 4.79 Å². The molecule has 2 spiro atoms. The number of sulfonamides is 1. The third-order valence-corrected chi connectivity index (χ3v) is 17.1. The molecule has 6 nitrogen and oxygen atoms in total. The predicted octanol–water partition coefficient (Wildman–Crippen LogP) is 8.29. The number of ketones is 1. The number of hydrogen-bond acceptors (Lipinski definition) is 6. The molecule has 4 aromatic rings. The van der Waals surface area contributed by atoms with Crippen LogP contribution in [0.4, 0.5) is 0 Å². The number of Topliss-reactive ketones (excluding diaryl/α,β-unsaturated/α-hetero) is 1. The van der Waals surface area contributed by atoms with E-state index < -0.39 is 38.0 Å². The van der Waals surface area contributed by atoms with Crippen LogP contribution in [0.15, 0.2) is 96.6 Å². The van der Waals surface area contributed by atoms with Crippen LogP contribution in [0, 0.1) is 33.5 Å².